The van der Waals surface area contributed by atoms with Gasteiger partial charge in [0.05, 0.1) is 12.0 Å². The number of nitrogens with one attached hydrogen (secondary N) is 2. The quantitative estimate of drug-likeness (QED) is 0.863. The van der Waals surface area contributed by atoms with Crippen LogP contribution in [0.15, 0.2) is 17.5 Å². The van der Waals surface area contributed by atoms with Crippen molar-refractivity contribution in [2.24, 2.45) is 0 Å². The number of thiophene rings is 1. The average Bonchev–Trinajstić information content (AvgIpc) is 3.09. The zero-order valence-corrected chi connectivity index (χ0v) is 14.0. The van der Waals surface area contributed by atoms with Crippen LogP contribution in [0.5, 0.6) is 0 Å². The van der Waals surface area contributed by atoms with E-state index in [-0.39, 0.29) is 23.9 Å². The lowest BCUT2D eigenvalue weighted by molar-refractivity contribution is -0.123. The molecule has 1 fully saturated rings. The summed E-state index contributed by atoms with van der Waals surface area (Å²) in [5.74, 6) is -0.463. The number of rotatable bonds is 4. The van der Waals surface area contributed by atoms with Gasteiger partial charge in [-0.1, -0.05) is 6.07 Å². The lowest BCUT2D eigenvalue weighted by Crippen LogP contribution is -2.51. The predicted octanol–water partition coefficient (Wildman–Crippen LogP) is 1.21. The van der Waals surface area contributed by atoms with E-state index in [1.165, 1.54) is 18.4 Å². The average molecular weight is 339 g/mol. The standard InChI is InChI=1S/C15H21N3O4S/c1-10(16-14(20)12-4-3-9-23-12)13(19)17-11-5-7-18(8-6-11)15(21)22-2/h3-4,9-11H,5-8H2,1-2H3,(H,16,20)(H,17,19)/t10-/m0/s1. The van der Waals surface area contributed by atoms with E-state index in [0.29, 0.717) is 30.8 Å². The predicted molar refractivity (Wildman–Crippen MR) is 86.4 cm³/mol. The Morgan fingerprint density at radius 2 is 2.04 bits per heavy atom. The van der Waals surface area contributed by atoms with Gasteiger partial charge in [0.25, 0.3) is 5.91 Å². The third-order valence-corrected chi connectivity index (χ3v) is 4.63. The van der Waals surface area contributed by atoms with Gasteiger partial charge < -0.3 is 20.3 Å². The molecule has 0 aliphatic carbocycles. The third kappa shape index (κ3) is 4.69. The molecule has 1 aliphatic rings. The molecule has 0 radical (unpaired) electrons. The summed E-state index contributed by atoms with van der Waals surface area (Å²) in [5, 5.41) is 7.41. The topological polar surface area (TPSA) is 87.7 Å². The second kappa shape index (κ2) is 7.96. The Balaban J connectivity index is 1.76. The van der Waals surface area contributed by atoms with Crippen LogP contribution in [0.2, 0.25) is 0 Å². The number of hydrogen-bond donors (Lipinski definition) is 2. The van der Waals surface area contributed by atoms with Crippen LogP contribution in [-0.2, 0) is 9.53 Å². The number of amides is 3. The molecule has 0 bridgehead atoms. The fourth-order valence-corrected chi connectivity index (χ4v) is 3.03. The van der Waals surface area contributed by atoms with E-state index in [2.05, 4.69) is 15.4 Å². The molecule has 2 heterocycles. The lowest BCUT2D eigenvalue weighted by atomic mass is 10.0. The number of ether oxygens (including phenoxy) is 1. The first kappa shape index (κ1) is 17.3. The molecule has 7 nitrogen and oxygen atoms in total. The lowest BCUT2D eigenvalue weighted by Gasteiger charge is -2.31. The minimum absolute atomic E-state index is 0.00416. The zero-order valence-electron chi connectivity index (χ0n) is 13.2. The summed E-state index contributed by atoms with van der Waals surface area (Å²) in [6.07, 6.45) is 1.00. The fraction of sp³-hybridized carbons (Fsp3) is 0.533. The van der Waals surface area contributed by atoms with E-state index in [1.807, 2.05) is 5.38 Å². The highest BCUT2D eigenvalue weighted by Crippen LogP contribution is 2.12. The van der Waals surface area contributed by atoms with Crippen molar-refractivity contribution in [3.8, 4) is 0 Å². The molecule has 0 spiro atoms. The van der Waals surface area contributed by atoms with Crippen molar-refractivity contribution in [3.63, 3.8) is 0 Å². The molecule has 23 heavy (non-hydrogen) atoms. The molecule has 0 unspecified atom stereocenters. The van der Waals surface area contributed by atoms with Crippen LogP contribution in [0.1, 0.15) is 29.4 Å². The summed E-state index contributed by atoms with van der Waals surface area (Å²) >= 11 is 1.33. The summed E-state index contributed by atoms with van der Waals surface area (Å²) in [6.45, 7) is 2.76. The summed E-state index contributed by atoms with van der Waals surface area (Å²) in [5.41, 5.74) is 0. The zero-order chi connectivity index (χ0) is 16.8. The van der Waals surface area contributed by atoms with Gasteiger partial charge in [-0.2, -0.15) is 0 Å². The number of hydrogen-bond acceptors (Lipinski definition) is 5. The van der Waals surface area contributed by atoms with Crippen LogP contribution < -0.4 is 10.6 Å². The van der Waals surface area contributed by atoms with Gasteiger partial charge in [0, 0.05) is 19.1 Å². The number of nitrogens with zero attached hydrogens (tertiary/aromatic N) is 1. The Morgan fingerprint density at radius 3 is 2.61 bits per heavy atom. The highest BCUT2D eigenvalue weighted by atomic mass is 32.1. The minimum atomic E-state index is -0.608. The number of carbonyl (C=O) groups excluding carboxylic acids is 3. The molecule has 1 saturated heterocycles. The van der Waals surface area contributed by atoms with Crippen molar-refractivity contribution in [1.82, 2.24) is 15.5 Å². The van der Waals surface area contributed by atoms with Crippen molar-refractivity contribution < 1.29 is 19.1 Å². The van der Waals surface area contributed by atoms with Gasteiger partial charge in [-0.05, 0) is 31.2 Å². The number of piperidine rings is 1. The first-order valence-corrected chi connectivity index (χ1v) is 8.37. The van der Waals surface area contributed by atoms with Gasteiger partial charge in [0.2, 0.25) is 5.91 Å². The molecule has 0 aromatic carbocycles. The highest BCUT2D eigenvalue weighted by molar-refractivity contribution is 7.12. The SMILES string of the molecule is COC(=O)N1CCC(NC(=O)[C@H](C)NC(=O)c2cccs2)CC1. The van der Waals surface area contributed by atoms with Gasteiger partial charge in [0.15, 0.2) is 0 Å². The number of methoxy groups -OCH3 is 1. The Bertz CT molecular complexity index is 553. The van der Waals surface area contributed by atoms with E-state index in [0.717, 1.165) is 0 Å². The van der Waals surface area contributed by atoms with Crippen LogP contribution >= 0.6 is 11.3 Å². The van der Waals surface area contributed by atoms with Crippen LogP contribution in [-0.4, -0.2) is 55.1 Å². The highest BCUT2D eigenvalue weighted by Gasteiger charge is 2.26. The largest absolute Gasteiger partial charge is 0.453 e. The first-order valence-electron chi connectivity index (χ1n) is 7.49. The monoisotopic (exact) mass is 339 g/mol. The van der Waals surface area contributed by atoms with E-state index in [1.54, 1.807) is 24.0 Å². The maximum Gasteiger partial charge on any atom is 0.409 e. The van der Waals surface area contributed by atoms with Crippen molar-refractivity contribution in [2.75, 3.05) is 20.2 Å². The normalized spacial score (nSPS) is 16.5. The molecule has 1 aliphatic heterocycles. The number of likely N-dealkylation sites (tertiary alicyclic amines) is 1. The fourth-order valence-electron chi connectivity index (χ4n) is 2.40. The van der Waals surface area contributed by atoms with Gasteiger partial charge in [-0.25, -0.2) is 4.79 Å². The van der Waals surface area contributed by atoms with Crippen LogP contribution in [0.25, 0.3) is 0 Å². The number of carbonyl (C=O) groups is 3. The molecule has 2 N–H and O–H groups in total. The van der Waals surface area contributed by atoms with Crippen molar-refractivity contribution in [2.45, 2.75) is 31.8 Å². The Hall–Kier alpha value is -2.09. The smallest absolute Gasteiger partial charge is 0.409 e. The van der Waals surface area contributed by atoms with E-state index in [4.69, 9.17) is 0 Å². The molecule has 1 aromatic heterocycles. The van der Waals surface area contributed by atoms with Gasteiger partial charge in [0.1, 0.15) is 6.04 Å². The van der Waals surface area contributed by atoms with Crippen molar-refractivity contribution >= 4 is 29.2 Å². The Kier molecular flexibility index (Phi) is 5.97. The summed E-state index contributed by atoms with van der Waals surface area (Å²) < 4.78 is 4.68. The van der Waals surface area contributed by atoms with Crippen LogP contribution in [0.3, 0.4) is 0 Å². The van der Waals surface area contributed by atoms with Gasteiger partial charge in [-0.15, -0.1) is 11.3 Å². The molecule has 1 aromatic rings. The van der Waals surface area contributed by atoms with E-state index in [9.17, 15) is 14.4 Å². The first-order chi connectivity index (χ1) is 11.0. The second-order valence-electron chi connectivity index (χ2n) is 5.41. The molecule has 0 saturated carbocycles. The molecule has 2 rings (SSSR count). The van der Waals surface area contributed by atoms with Gasteiger partial charge >= 0.3 is 6.09 Å². The van der Waals surface area contributed by atoms with Crippen LogP contribution in [0, 0.1) is 0 Å². The summed E-state index contributed by atoms with van der Waals surface area (Å²) in [6, 6.07) is 2.90. The summed E-state index contributed by atoms with van der Waals surface area (Å²) in [4.78, 5) is 37.7. The van der Waals surface area contributed by atoms with E-state index < -0.39 is 6.04 Å². The second-order valence-corrected chi connectivity index (χ2v) is 6.36. The van der Waals surface area contributed by atoms with Crippen molar-refractivity contribution in [1.29, 1.82) is 0 Å². The van der Waals surface area contributed by atoms with E-state index >= 15 is 0 Å². The minimum Gasteiger partial charge on any atom is -0.453 e. The molecule has 126 valence electrons. The molecular weight excluding hydrogens is 318 g/mol. The maximum absolute atomic E-state index is 12.2. The van der Waals surface area contributed by atoms with Crippen molar-refractivity contribution in [3.05, 3.63) is 22.4 Å². The Morgan fingerprint density at radius 1 is 1.35 bits per heavy atom. The summed E-state index contributed by atoms with van der Waals surface area (Å²) in [7, 11) is 1.36. The molecule has 1 atom stereocenters. The molecular formula is C15H21N3O4S. The van der Waals surface area contributed by atoms with Crippen LogP contribution in [0.4, 0.5) is 4.79 Å². The third-order valence-electron chi connectivity index (χ3n) is 3.76. The molecule has 3 amide bonds. The van der Waals surface area contributed by atoms with Gasteiger partial charge in [-0.3, -0.25) is 9.59 Å². The molecule has 8 heteroatoms. The Labute approximate surface area is 139 Å². The maximum atomic E-state index is 12.2.